The Bertz CT molecular complexity index is 578. The minimum atomic E-state index is -0.902. The Hall–Kier alpha value is -2.51. The lowest BCUT2D eigenvalue weighted by Crippen LogP contribution is -2.55. The third-order valence-electron chi connectivity index (χ3n) is 3.83. The first-order chi connectivity index (χ1) is 10.5. The summed E-state index contributed by atoms with van der Waals surface area (Å²) in [6.45, 7) is 3.45. The number of pyridine rings is 1. The van der Waals surface area contributed by atoms with E-state index in [0.29, 0.717) is 25.5 Å². The van der Waals surface area contributed by atoms with Gasteiger partial charge in [0.1, 0.15) is 11.4 Å². The molecule has 1 fully saturated rings. The number of carbonyl (C=O) groups excluding carboxylic acids is 1. The van der Waals surface area contributed by atoms with E-state index in [0.717, 1.165) is 6.42 Å². The van der Waals surface area contributed by atoms with Gasteiger partial charge in [0, 0.05) is 19.6 Å². The van der Waals surface area contributed by atoms with Gasteiger partial charge in [0.25, 0.3) is 5.91 Å². The summed E-state index contributed by atoms with van der Waals surface area (Å²) < 4.78 is 5.11. The molecule has 3 N–H and O–H groups in total. The lowest BCUT2D eigenvalue weighted by Gasteiger charge is -2.40. The summed E-state index contributed by atoms with van der Waals surface area (Å²) in [5.74, 6) is 0.224. The molecule has 1 atom stereocenters. The molecule has 1 aromatic rings. The number of nitrogens with two attached hydrogens (primary N) is 1. The highest BCUT2D eigenvalue weighted by Gasteiger charge is 2.30. The quantitative estimate of drug-likeness (QED) is 0.850. The van der Waals surface area contributed by atoms with Crippen molar-refractivity contribution in [2.75, 3.05) is 31.6 Å². The molecule has 120 valence electrons. The minimum Gasteiger partial charge on any atom is -0.480 e. The summed E-state index contributed by atoms with van der Waals surface area (Å²) in [6, 6.07) is 3.19. The van der Waals surface area contributed by atoms with Gasteiger partial charge in [-0.1, -0.05) is 6.92 Å². The maximum atomic E-state index is 11.3. The van der Waals surface area contributed by atoms with Crippen LogP contribution in [0.2, 0.25) is 0 Å². The molecule has 8 nitrogen and oxygen atoms in total. The zero-order chi connectivity index (χ0) is 16.3. The van der Waals surface area contributed by atoms with Crippen LogP contribution in [0.15, 0.2) is 12.1 Å². The first-order valence-electron chi connectivity index (χ1n) is 7.07. The molecule has 0 radical (unpaired) electrons. The molecule has 0 aliphatic carbocycles. The lowest BCUT2D eigenvalue weighted by molar-refractivity contribution is 0.0996. The zero-order valence-corrected chi connectivity index (χ0v) is 12.7. The molecule has 1 aromatic heterocycles. The fourth-order valence-electron chi connectivity index (χ4n) is 2.61. The van der Waals surface area contributed by atoms with Crippen molar-refractivity contribution in [1.82, 2.24) is 9.88 Å². The van der Waals surface area contributed by atoms with E-state index in [1.807, 2.05) is 11.8 Å². The van der Waals surface area contributed by atoms with E-state index in [9.17, 15) is 14.7 Å². The fourth-order valence-corrected chi connectivity index (χ4v) is 2.61. The number of carbonyl (C=O) groups is 2. The molecule has 0 bridgehead atoms. The highest BCUT2D eigenvalue weighted by molar-refractivity contribution is 5.95. The Morgan fingerprint density at radius 3 is 2.73 bits per heavy atom. The molecule has 0 saturated carbocycles. The predicted octanol–water partition coefficient (Wildman–Crippen LogP) is 0.768. The second kappa shape index (κ2) is 6.50. The van der Waals surface area contributed by atoms with Crippen LogP contribution in [-0.4, -0.2) is 59.8 Å². The summed E-state index contributed by atoms with van der Waals surface area (Å²) in [7, 11) is 1.43. The number of piperazine rings is 1. The summed E-state index contributed by atoms with van der Waals surface area (Å²) >= 11 is 0. The fraction of sp³-hybridized carbons (Fsp3) is 0.500. The second-order valence-electron chi connectivity index (χ2n) is 5.07. The van der Waals surface area contributed by atoms with Crippen molar-refractivity contribution in [2.45, 2.75) is 19.4 Å². The van der Waals surface area contributed by atoms with Gasteiger partial charge >= 0.3 is 6.09 Å². The summed E-state index contributed by atoms with van der Waals surface area (Å²) in [6.07, 6.45) is -0.180. The molecular formula is C14H20N4O4. The Labute approximate surface area is 128 Å². The topological polar surface area (TPSA) is 109 Å². The van der Waals surface area contributed by atoms with E-state index in [1.54, 1.807) is 12.1 Å². The summed E-state index contributed by atoms with van der Waals surface area (Å²) in [5.41, 5.74) is 5.49. The zero-order valence-electron chi connectivity index (χ0n) is 12.7. The van der Waals surface area contributed by atoms with Crippen LogP contribution in [-0.2, 0) is 0 Å². The number of carboxylic acid groups (broad SMARTS) is 1. The average Bonchev–Trinajstić information content (AvgIpc) is 2.53. The van der Waals surface area contributed by atoms with Gasteiger partial charge in [0.15, 0.2) is 0 Å². The van der Waals surface area contributed by atoms with Gasteiger partial charge in [-0.2, -0.15) is 4.98 Å². The average molecular weight is 308 g/mol. The van der Waals surface area contributed by atoms with Crippen LogP contribution in [0.1, 0.15) is 23.7 Å². The number of anilines is 1. The molecule has 22 heavy (non-hydrogen) atoms. The van der Waals surface area contributed by atoms with Gasteiger partial charge < -0.3 is 25.4 Å². The van der Waals surface area contributed by atoms with Crippen LogP contribution in [0.5, 0.6) is 5.88 Å². The second-order valence-corrected chi connectivity index (χ2v) is 5.07. The molecule has 1 saturated heterocycles. The minimum absolute atomic E-state index is 0.0881. The molecule has 0 unspecified atom stereocenters. The number of ether oxygens (including phenoxy) is 1. The van der Waals surface area contributed by atoms with Crippen molar-refractivity contribution < 1.29 is 19.4 Å². The summed E-state index contributed by atoms with van der Waals surface area (Å²) in [5, 5.41) is 9.20. The van der Waals surface area contributed by atoms with Crippen LogP contribution >= 0.6 is 0 Å². The first-order valence-corrected chi connectivity index (χ1v) is 7.07. The Morgan fingerprint density at radius 1 is 1.45 bits per heavy atom. The predicted molar refractivity (Wildman–Crippen MR) is 80.3 cm³/mol. The van der Waals surface area contributed by atoms with Crippen molar-refractivity contribution in [3.05, 3.63) is 17.7 Å². The van der Waals surface area contributed by atoms with Crippen LogP contribution in [0.3, 0.4) is 0 Å². The maximum Gasteiger partial charge on any atom is 0.407 e. The van der Waals surface area contributed by atoms with E-state index in [1.165, 1.54) is 12.0 Å². The number of aromatic nitrogens is 1. The van der Waals surface area contributed by atoms with Crippen molar-refractivity contribution >= 4 is 17.8 Å². The number of hydrogen-bond acceptors (Lipinski definition) is 5. The Kier molecular flexibility index (Phi) is 4.69. The third-order valence-corrected chi connectivity index (χ3v) is 3.83. The highest BCUT2D eigenvalue weighted by atomic mass is 16.5. The van der Waals surface area contributed by atoms with E-state index in [4.69, 9.17) is 10.5 Å². The van der Waals surface area contributed by atoms with Crippen molar-refractivity contribution in [3.8, 4) is 5.88 Å². The van der Waals surface area contributed by atoms with E-state index >= 15 is 0 Å². The molecular weight excluding hydrogens is 288 g/mol. The number of nitrogens with zero attached hydrogens (tertiary/aromatic N) is 3. The van der Waals surface area contributed by atoms with E-state index in [2.05, 4.69) is 4.98 Å². The van der Waals surface area contributed by atoms with Gasteiger partial charge in [-0.15, -0.1) is 0 Å². The van der Waals surface area contributed by atoms with Gasteiger partial charge in [0.2, 0.25) is 5.88 Å². The van der Waals surface area contributed by atoms with Crippen molar-refractivity contribution in [1.29, 1.82) is 0 Å². The third kappa shape index (κ3) is 3.05. The number of primary amides is 1. The van der Waals surface area contributed by atoms with E-state index < -0.39 is 12.0 Å². The van der Waals surface area contributed by atoms with Crippen molar-refractivity contribution in [2.24, 2.45) is 5.73 Å². The summed E-state index contributed by atoms with van der Waals surface area (Å²) in [4.78, 5) is 30.3. The van der Waals surface area contributed by atoms with Crippen LogP contribution in [0.4, 0.5) is 10.6 Å². The Morgan fingerprint density at radius 2 is 2.18 bits per heavy atom. The van der Waals surface area contributed by atoms with Gasteiger partial charge in [-0.25, -0.2) is 4.79 Å². The lowest BCUT2D eigenvalue weighted by atomic mass is 10.1. The van der Waals surface area contributed by atoms with E-state index in [-0.39, 0.29) is 17.5 Å². The molecule has 1 aliphatic heterocycles. The normalized spacial score (nSPS) is 18.2. The van der Waals surface area contributed by atoms with Gasteiger partial charge in [0.05, 0.1) is 13.2 Å². The SMILES string of the molecule is CC[C@@H]1CN(c2ccc(C(N)=O)c(OC)n2)CCN1C(=O)O. The van der Waals surface area contributed by atoms with Crippen LogP contribution in [0.25, 0.3) is 0 Å². The maximum absolute atomic E-state index is 11.3. The highest BCUT2D eigenvalue weighted by Crippen LogP contribution is 2.23. The first kappa shape index (κ1) is 15.9. The van der Waals surface area contributed by atoms with Gasteiger partial charge in [-0.05, 0) is 18.6 Å². The van der Waals surface area contributed by atoms with Crippen LogP contribution in [0, 0.1) is 0 Å². The molecule has 0 spiro atoms. The molecule has 2 amide bonds. The largest absolute Gasteiger partial charge is 0.480 e. The molecule has 1 aliphatic rings. The van der Waals surface area contributed by atoms with Crippen LogP contribution < -0.4 is 15.4 Å². The van der Waals surface area contributed by atoms with Crippen molar-refractivity contribution in [3.63, 3.8) is 0 Å². The number of methoxy groups -OCH3 is 1. The molecule has 2 heterocycles. The molecule has 0 aromatic carbocycles. The Balaban J connectivity index is 2.22. The monoisotopic (exact) mass is 308 g/mol. The number of amides is 2. The standard InChI is InChI=1S/C14H20N4O4/c1-3-9-8-17(6-7-18(9)14(20)21)11-5-4-10(12(15)19)13(16-11)22-2/h4-5,9H,3,6-8H2,1-2H3,(H2,15,19)(H,20,21)/t9-/m1/s1. The molecule has 2 rings (SSSR count). The van der Waals surface area contributed by atoms with Gasteiger partial charge in [-0.3, -0.25) is 4.79 Å². The molecule has 8 heteroatoms. The number of hydrogen-bond donors (Lipinski definition) is 2. The smallest absolute Gasteiger partial charge is 0.407 e. The number of rotatable bonds is 4.